The predicted octanol–water partition coefficient (Wildman–Crippen LogP) is 4.29. The summed E-state index contributed by atoms with van der Waals surface area (Å²) in [4.78, 5) is 8.99. The van der Waals surface area contributed by atoms with Crippen LogP contribution in [0.3, 0.4) is 0 Å². The first-order valence-electron chi connectivity index (χ1n) is 10.5. The lowest BCUT2D eigenvalue weighted by atomic mass is 10.1. The van der Waals surface area contributed by atoms with Gasteiger partial charge in [0.05, 0.1) is 27.3 Å². The van der Waals surface area contributed by atoms with Crippen LogP contribution in [0.15, 0.2) is 65.8 Å². The fraction of sp³-hybridized carbons (Fsp3) is 0.217. The second-order valence-corrected chi connectivity index (χ2v) is 10.1. The Morgan fingerprint density at radius 2 is 1.88 bits per heavy atom. The largest absolute Gasteiger partial charge is 0.351 e. The molecule has 3 heterocycles. The maximum Gasteiger partial charge on any atom is 0.268 e. The van der Waals surface area contributed by atoms with E-state index in [0.717, 1.165) is 29.9 Å². The fourth-order valence-electron chi connectivity index (χ4n) is 4.04. The molecule has 2 aromatic carbocycles. The molecule has 170 valence electrons. The lowest BCUT2D eigenvalue weighted by molar-refractivity contribution is 0.477. The smallest absolute Gasteiger partial charge is 0.268 e. The van der Waals surface area contributed by atoms with E-state index < -0.39 is 15.8 Å². The highest BCUT2D eigenvalue weighted by molar-refractivity contribution is 7.90. The van der Waals surface area contributed by atoms with Crippen molar-refractivity contribution in [1.29, 1.82) is 0 Å². The summed E-state index contributed by atoms with van der Waals surface area (Å²) in [6.45, 7) is 1.81. The van der Waals surface area contributed by atoms with Gasteiger partial charge in [-0.3, -0.25) is 0 Å². The zero-order valence-corrected chi connectivity index (χ0v) is 19.1. The number of aromatic nitrogens is 3. The van der Waals surface area contributed by atoms with Crippen LogP contribution < -0.4 is 10.6 Å². The van der Waals surface area contributed by atoms with Crippen molar-refractivity contribution in [3.63, 3.8) is 0 Å². The van der Waals surface area contributed by atoms with Gasteiger partial charge in [0, 0.05) is 23.2 Å². The van der Waals surface area contributed by atoms with E-state index in [2.05, 4.69) is 20.6 Å². The molecule has 7 nitrogen and oxygen atoms in total. The second kappa shape index (κ2) is 8.74. The molecule has 0 spiro atoms. The molecule has 0 unspecified atom stereocenters. The molecule has 0 radical (unpaired) electrons. The Kier molecular flexibility index (Phi) is 5.77. The molecule has 2 N–H and O–H groups in total. The number of halogens is 2. The normalized spacial score (nSPS) is 15.1. The zero-order valence-electron chi connectivity index (χ0n) is 17.5. The van der Waals surface area contributed by atoms with Gasteiger partial charge in [-0.2, -0.15) is 0 Å². The average molecular weight is 486 g/mol. The number of piperidine rings is 1. The number of hydrogen-bond acceptors (Lipinski definition) is 6. The molecule has 0 bridgehead atoms. The average Bonchev–Trinajstić information content (AvgIpc) is 3.21. The molecule has 0 atom stereocenters. The van der Waals surface area contributed by atoms with Gasteiger partial charge in [0.25, 0.3) is 10.0 Å². The van der Waals surface area contributed by atoms with E-state index in [1.165, 1.54) is 42.7 Å². The van der Waals surface area contributed by atoms with Gasteiger partial charge in [-0.15, -0.1) is 0 Å². The number of hydrogen-bond donors (Lipinski definition) is 2. The topological polar surface area (TPSA) is 88.9 Å². The van der Waals surface area contributed by atoms with Crippen LogP contribution in [-0.2, 0) is 10.0 Å². The first-order chi connectivity index (χ1) is 15.9. The number of fused-ring (bicyclic) bond motifs is 1. The van der Waals surface area contributed by atoms with Gasteiger partial charge in [-0.05, 0) is 56.3 Å². The Morgan fingerprint density at radius 1 is 1.12 bits per heavy atom. The minimum absolute atomic E-state index is 0.125. The second-order valence-electron chi connectivity index (χ2n) is 7.88. The number of nitrogens with one attached hydrogen (secondary N) is 2. The molecule has 1 saturated heterocycles. The molecule has 2 aromatic heterocycles. The van der Waals surface area contributed by atoms with Crippen LogP contribution in [0.5, 0.6) is 0 Å². The first-order valence-corrected chi connectivity index (χ1v) is 12.4. The predicted molar refractivity (Wildman–Crippen MR) is 126 cm³/mol. The Labute approximate surface area is 195 Å². The van der Waals surface area contributed by atoms with E-state index in [4.69, 9.17) is 11.6 Å². The van der Waals surface area contributed by atoms with Gasteiger partial charge in [-0.1, -0.05) is 29.8 Å². The molecule has 4 aromatic rings. The number of rotatable bonds is 5. The molecule has 5 rings (SSSR count). The SMILES string of the molecule is O=S(=O)(c1ccccc1)n1cc(-c2nc(NC3CCNCC3)ncc2Cl)c2cc(F)ccc21. The van der Waals surface area contributed by atoms with Crippen molar-refractivity contribution in [3.8, 4) is 11.3 Å². The molecule has 1 fully saturated rings. The van der Waals surface area contributed by atoms with Crippen LogP contribution in [0.1, 0.15) is 12.8 Å². The summed E-state index contributed by atoms with van der Waals surface area (Å²) in [6.07, 6.45) is 4.78. The first kappa shape index (κ1) is 21.8. The number of benzene rings is 2. The van der Waals surface area contributed by atoms with Crippen LogP contribution in [0, 0.1) is 5.82 Å². The highest BCUT2D eigenvalue weighted by atomic mass is 35.5. The van der Waals surface area contributed by atoms with E-state index in [9.17, 15) is 12.8 Å². The highest BCUT2D eigenvalue weighted by Gasteiger charge is 2.24. The molecule has 0 saturated carbocycles. The van der Waals surface area contributed by atoms with E-state index in [1.807, 2.05) is 0 Å². The van der Waals surface area contributed by atoms with Crippen molar-refractivity contribution in [2.75, 3.05) is 18.4 Å². The van der Waals surface area contributed by atoms with Gasteiger partial charge < -0.3 is 10.6 Å². The Balaban J connectivity index is 1.65. The molecule has 1 aliphatic heterocycles. The molecule has 33 heavy (non-hydrogen) atoms. The van der Waals surface area contributed by atoms with Gasteiger partial charge in [0.1, 0.15) is 5.82 Å². The standard InChI is InChI=1S/C23H21ClFN5O2S/c24-20-13-27-23(28-16-8-10-26-11-9-16)29-22(20)19-14-30(21-7-6-15(25)12-18(19)21)33(31,32)17-4-2-1-3-5-17/h1-7,12-14,16,26H,8-11H2,(H,27,28,29). The van der Waals surface area contributed by atoms with Gasteiger partial charge in [0.15, 0.2) is 0 Å². The van der Waals surface area contributed by atoms with Crippen molar-refractivity contribution in [1.82, 2.24) is 19.3 Å². The summed E-state index contributed by atoms with van der Waals surface area (Å²) < 4.78 is 42.1. The van der Waals surface area contributed by atoms with Crippen LogP contribution in [-0.4, -0.2) is 41.5 Å². The Hall–Kier alpha value is -3.01. The number of anilines is 1. The maximum absolute atomic E-state index is 14.2. The van der Waals surface area contributed by atoms with E-state index in [1.54, 1.807) is 18.2 Å². The lowest BCUT2D eigenvalue weighted by Gasteiger charge is -2.23. The minimum atomic E-state index is -3.93. The van der Waals surface area contributed by atoms with E-state index in [-0.39, 0.29) is 16.0 Å². The van der Waals surface area contributed by atoms with Gasteiger partial charge in [-0.25, -0.2) is 26.7 Å². The van der Waals surface area contributed by atoms with Crippen molar-refractivity contribution in [2.45, 2.75) is 23.8 Å². The van der Waals surface area contributed by atoms with E-state index >= 15 is 0 Å². The van der Waals surface area contributed by atoms with Gasteiger partial charge >= 0.3 is 0 Å². The lowest BCUT2D eigenvalue weighted by Crippen LogP contribution is -2.35. The quantitative estimate of drug-likeness (QED) is 0.438. The Morgan fingerprint density at radius 3 is 2.64 bits per heavy atom. The van der Waals surface area contributed by atoms with Crippen molar-refractivity contribution in [3.05, 3.63) is 71.8 Å². The third-order valence-electron chi connectivity index (χ3n) is 5.70. The maximum atomic E-state index is 14.2. The van der Waals surface area contributed by atoms with Gasteiger partial charge in [0.2, 0.25) is 5.95 Å². The molecule has 10 heteroatoms. The highest BCUT2D eigenvalue weighted by Crippen LogP contribution is 2.36. The molecule has 0 aliphatic carbocycles. The van der Waals surface area contributed by atoms with Crippen LogP contribution in [0.2, 0.25) is 5.02 Å². The fourth-order valence-corrected chi connectivity index (χ4v) is 5.62. The molecule has 0 amide bonds. The minimum Gasteiger partial charge on any atom is -0.351 e. The Bertz CT molecular complexity index is 1420. The summed E-state index contributed by atoms with van der Waals surface area (Å²) in [5, 5.41) is 7.26. The van der Waals surface area contributed by atoms with Crippen molar-refractivity contribution in [2.24, 2.45) is 0 Å². The molecular formula is C23H21ClFN5O2S. The monoisotopic (exact) mass is 485 g/mol. The third kappa shape index (κ3) is 4.19. The van der Waals surface area contributed by atoms with Crippen LogP contribution in [0.4, 0.5) is 10.3 Å². The summed E-state index contributed by atoms with van der Waals surface area (Å²) in [5.41, 5.74) is 1.07. The zero-order chi connectivity index (χ0) is 23.0. The van der Waals surface area contributed by atoms with Crippen molar-refractivity contribution < 1.29 is 12.8 Å². The summed E-state index contributed by atoms with van der Waals surface area (Å²) in [5.74, 6) is -0.0960. The molecule has 1 aliphatic rings. The van der Waals surface area contributed by atoms with Crippen LogP contribution >= 0.6 is 11.6 Å². The van der Waals surface area contributed by atoms with Crippen molar-refractivity contribution >= 4 is 38.5 Å². The van der Waals surface area contributed by atoms with Crippen LogP contribution in [0.25, 0.3) is 22.2 Å². The number of nitrogens with zero attached hydrogens (tertiary/aromatic N) is 3. The molecular weight excluding hydrogens is 465 g/mol. The summed E-state index contributed by atoms with van der Waals surface area (Å²) >= 11 is 6.44. The summed E-state index contributed by atoms with van der Waals surface area (Å²) in [7, 11) is -3.93. The van der Waals surface area contributed by atoms with E-state index in [0.29, 0.717) is 28.1 Å². The third-order valence-corrected chi connectivity index (χ3v) is 7.67. The summed E-state index contributed by atoms with van der Waals surface area (Å²) in [6, 6.07) is 12.3.